The highest BCUT2D eigenvalue weighted by molar-refractivity contribution is 14.0. The second-order valence-electron chi connectivity index (χ2n) is 6.52. The van der Waals surface area contributed by atoms with Crippen LogP contribution in [-0.2, 0) is 11.3 Å². The van der Waals surface area contributed by atoms with E-state index in [9.17, 15) is 0 Å². The lowest BCUT2D eigenvalue weighted by atomic mass is 10.0. The number of guanidine groups is 1. The van der Waals surface area contributed by atoms with Crippen molar-refractivity contribution in [3.63, 3.8) is 0 Å². The van der Waals surface area contributed by atoms with Gasteiger partial charge in [0.25, 0.3) is 0 Å². The third kappa shape index (κ3) is 6.95. The van der Waals surface area contributed by atoms with Gasteiger partial charge in [0.2, 0.25) is 0 Å². The topological polar surface area (TPSA) is 53.8 Å². The van der Waals surface area contributed by atoms with Crippen molar-refractivity contribution in [2.75, 3.05) is 46.4 Å². The summed E-state index contributed by atoms with van der Waals surface area (Å²) in [5, 5.41) is 7.61. The van der Waals surface area contributed by atoms with Crippen LogP contribution in [0.5, 0.6) is 0 Å². The Morgan fingerprint density at radius 1 is 1.18 bits per heavy atom. The van der Waals surface area contributed by atoms with Crippen LogP contribution in [0, 0.1) is 0 Å². The molecule has 2 heterocycles. The summed E-state index contributed by atoms with van der Waals surface area (Å²) in [4.78, 5) is 6.79. The monoisotopic (exact) mass is 517 g/mol. The fourth-order valence-corrected chi connectivity index (χ4v) is 3.50. The summed E-state index contributed by atoms with van der Waals surface area (Å²) in [5.74, 6) is 0.808. The predicted molar refractivity (Wildman–Crippen MR) is 126 cm³/mol. The van der Waals surface area contributed by atoms with Gasteiger partial charge in [-0.25, -0.2) is 0 Å². The summed E-state index contributed by atoms with van der Waals surface area (Å²) in [7, 11) is 1.80. The van der Waals surface area contributed by atoms with Gasteiger partial charge in [-0.3, -0.25) is 9.89 Å². The third-order valence-electron chi connectivity index (χ3n) is 4.74. The minimum Gasteiger partial charge on any atom is -0.379 e. The third-order valence-corrected chi connectivity index (χ3v) is 4.97. The molecule has 0 saturated carbocycles. The zero-order chi connectivity index (χ0) is 18.9. The molecular formula is C20H29ClIN5O. The van der Waals surface area contributed by atoms with E-state index in [4.69, 9.17) is 16.3 Å². The largest absolute Gasteiger partial charge is 0.379 e. The van der Waals surface area contributed by atoms with Crippen LogP contribution in [0.25, 0.3) is 0 Å². The quantitative estimate of drug-likeness (QED) is 0.337. The van der Waals surface area contributed by atoms with Crippen molar-refractivity contribution >= 4 is 41.5 Å². The molecule has 1 saturated heterocycles. The van der Waals surface area contributed by atoms with Crippen molar-refractivity contribution in [1.82, 2.24) is 20.1 Å². The van der Waals surface area contributed by atoms with Crippen LogP contribution in [0.3, 0.4) is 0 Å². The first-order chi connectivity index (χ1) is 13.3. The number of nitrogens with one attached hydrogen (secondary N) is 2. The second-order valence-corrected chi connectivity index (χ2v) is 6.96. The van der Waals surface area contributed by atoms with Crippen molar-refractivity contribution < 1.29 is 4.74 Å². The molecule has 0 bridgehead atoms. The molecule has 1 aromatic heterocycles. The van der Waals surface area contributed by atoms with E-state index in [1.54, 1.807) is 7.05 Å². The maximum absolute atomic E-state index is 6.23. The Labute approximate surface area is 189 Å². The molecule has 1 aliphatic heterocycles. The van der Waals surface area contributed by atoms with Crippen LogP contribution < -0.4 is 10.6 Å². The number of rotatable bonds is 7. The van der Waals surface area contributed by atoms with E-state index in [2.05, 4.69) is 43.6 Å². The van der Waals surface area contributed by atoms with Crippen LogP contribution in [0.15, 0.2) is 53.8 Å². The van der Waals surface area contributed by atoms with Crippen molar-refractivity contribution in [1.29, 1.82) is 0 Å². The Kier molecular flexibility index (Phi) is 10.1. The smallest absolute Gasteiger partial charge is 0.191 e. The van der Waals surface area contributed by atoms with E-state index < -0.39 is 0 Å². The second kappa shape index (κ2) is 12.3. The van der Waals surface area contributed by atoms with E-state index in [1.807, 2.05) is 30.3 Å². The molecular weight excluding hydrogens is 489 g/mol. The average Bonchev–Trinajstić information content (AvgIpc) is 3.21. The fourth-order valence-electron chi connectivity index (χ4n) is 3.30. The van der Waals surface area contributed by atoms with Gasteiger partial charge in [-0.1, -0.05) is 23.7 Å². The molecule has 154 valence electrons. The molecule has 1 atom stereocenters. The first-order valence-electron chi connectivity index (χ1n) is 9.39. The van der Waals surface area contributed by atoms with Gasteiger partial charge in [-0.15, -0.1) is 24.0 Å². The Morgan fingerprint density at radius 3 is 2.61 bits per heavy atom. The van der Waals surface area contributed by atoms with Crippen molar-refractivity contribution in [3.8, 4) is 0 Å². The SMILES string of the molecule is CN=C(NCCn1cccc1)NCC(c1cccc(Cl)c1)N1CCOCC1.I. The molecule has 0 amide bonds. The summed E-state index contributed by atoms with van der Waals surface area (Å²) in [6.07, 6.45) is 4.12. The standard InChI is InChI=1S/C20H28ClN5O.HI/c1-22-20(23-7-10-25-8-2-3-9-25)24-16-19(26-11-13-27-14-12-26)17-5-4-6-18(21)15-17;/h2-6,8-9,15,19H,7,10-14,16H2,1H3,(H2,22,23,24);1H. The number of hydrogen-bond donors (Lipinski definition) is 2. The minimum atomic E-state index is 0. The van der Waals surface area contributed by atoms with Gasteiger partial charge in [-0.2, -0.15) is 0 Å². The zero-order valence-corrected chi connectivity index (χ0v) is 19.3. The maximum Gasteiger partial charge on any atom is 0.191 e. The van der Waals surface area contributed by atoms with Gasteiger partial charge in [-0.05, 0) is 29.8 Å². The molecule has 3 rings (SSSR count). The number of aromatic nitrogens is 1. The molecule has 0 aliphatic carbocycles. The average molecular weight is 518 g/mol. The van der Waals surface area contributed by atoms with E-state index in [0.29, 0.717) is 0 Å². The van der Waals surface area contributed by atoms with E-state index >= 15 is 0 Å². The first-order valence-corrected chi connectivity index (χ1v) is 9.76. The first kappa shape index (κ1) is 23.0. The molecule has 1 unspecified atom stereocenters. The van der Waals surface area contributed by atoms with Gasteiger partial charge < -0.3 is 19.9 Å². The highest BCUT2D eigenvalue weighted by atomic mass is 127. The lowest BCUT2D eigenvalue weighted by molar-refractivity contribution is 0.0170. The van der Waals surface area contributed by atoms with E-state index in [1.165, 1.54) is 5.56 Å². The number of morpholine rings is 1. The van der Waals surface area contributed by atoms with Crippen molar-refractivity contribution in [2.45, 2.75) is 12.6 Å². The predicted octanol–water partition coefficient (Wildman–Crippen LogP) is 3.00. The minimum absolute atomic E-state index is 0. The number of nitrogens with zero attached hydrogens (tertiary/aromatic N) is 3. The van der Waals surface area contributed by atoms with Crippen LogP contribution >= 0.6 is 35.6 Å². The molecule has 6 nitrogen and oxygen atoms in total. The molecule has 8 heteroatoms. The van der Waals surface area contributed by atoms with Crippen molar-refractivity contribution in [3.05, 3.63) is 59.4 Å². The zero-order valence-electron chi connectivity index (χ0n) is 16.2. The van der Waals surface area contributed by atoms with Crippen LogP contribution in [0.2, 0.25) is 5.02 Å². The summed E-state index contributed by atoms with van der Waals surface area (Å²) >= 11 is 6.23. The summed E-state index contributed by atoms with van der Waals surface area (Å²) in [6, 6.07) is 12.4. The summed E-state index contributed by atoms with van der Waals surface area (Å²) in [5.41, 5.74) is 1.21. The van der Waals surface area contributed by atoms with Gasteiger partial charge in [0.05, 0.1) is 19.3 Å². The Balaban J connectivity index is 0.00000280. The maximum atomic E-state index is 6.23. The number of benzene rings is 1. The molecule has 28 heavy (non-hydrogen) atoms. The van der Waals surface area contributed by atoms with Gasteiger partial charge >= 0.3 is 0 Å². The lowest BCUT2D eigenvalue weighted by Gasteiger charge is -2.35. The molecule has 1 aliphatic rings. The number of halogens is 2. The van der Waals surface area contributed by atoms with Gasteiger partial charge in [0, 0.05) is 57.2 Å². The Morgan fingerprint density at radius 2 is 1.93 bits per heavy atom. The molecule has 2 aromatic rings. The number of ether oxygens (including phenoxy) is 1. The van der Waals surface area contributed by atoms with Crippen molar-refractivity contribution in [2.24, 2.45) is 4.99 Å². The highest BCUT2D eigenvalue weighted by Crippen LogP contribution is 2.23. The fraction of sp³-hybridized carbons (Fsp3) is 0.450. The van der Waals surface area contributed by atoms with Gasteiger partial charge in [0.15, 0.2) is 5.96 Å². The normalized spacial score (nSPS) is 16.3. The molecule has 1 fully saturated rings. The van der Waals surface area contributed by atoms with Crippen LogP contribution in [0.1, 0.15) is 11.6 Å². The van der Waals surface area contributed by atoms with Crippen LogP contribution in [-0.4, -0.2) is 61.9 Å². The summed E-state index contributed by atoms with van der Waals surface area (Å²) in [6.45, 7) is 5.82. The number of aliphatic imine (C=N–C) groups is 1. The molecule has 1 aromatic carbocycles. The Bertz CT molecular complexity index is 719. The summed E-state index contributed by atoms with van der Waals surface area (Å²) < 4.78 is 7.66. The highest BCUT2D eigenvalue weighted by Gasteiger charge is 2.23. The van der Waals surface area contributed by atoms with E-state index in [0.717, 1.165) is 56.9 Å². The lowest BCUT2D eigenvalue weighted by Crippen LogP contribution is -2.46. The molecule has 0 radical (unpaired) electrons. The molecule has 2 N–H and O–H groups in total. The molecule has 0 spiro atoms. The van der Waals surface area contributed by atoms with E-state index in [-0.39, 0.29) is 30.0 Å². The van der Waals surface area contributed by atoms with Crippen LogP contribution in [0.4, 0.5) is 0 Å². The van der Waals surface area contributed by atoms with Gasteiger partial charge in [0.1, 0.15) is 0 Å². The number of hydrogen-bond acceptors (Lipinski definition) is 3. The Hall–Kier alpha value is -1.29.